The topological polar surface area (TPSA) is 57.2 Å². The molecule has 0 radical (unpaired) electrons. The Bertz CT molecular complexity index is 870. The van der Waals surface area contributed by atoms with E-state index in [1.807, 2.05) is 55.5 Å². The molecule has 0 fully saturated rings. The van der Waals surface area contributed by atoms with Gasteiger partial charge in [-0.1, -0.05) is 36.4 Å². The molecular weight excluding hydrogens is 276 g/mol. The minimum absolute atomic E-state index is 0.0680. The molecule has 4 rings (SSSR count). The lowest BCUT2D eigenvalue weighted by atomic mass is 10.1. The number of anilines is 1. The molecule has 0 spiro atoms. The molecule has 0 saturated heterocycles. The van der Waals surface area contributed by atoms with E-state index in [4.69, 9.17) is 10.5 Å². The van der Waals surface area contributed by atoms with Crippen molar-refractivity contribution in [2.45, 2.75) is 19.4 Å². The number of ether oxygens (including phenoxy) is 1. The van der Waals surface area contributed by atoms with Gasteiger partial charge in [-0.3, -0.25) is 9.36 Å². The van der Waals surface area contributed by atoms with E-state index in [1.54, 1.807) is 4.57 Å². The van der Waals surface area contributed by atoms with E-state index in [9.17, 15) is 4.79 Å². The number of carbonyl (C=O) groups is 1. The van der Waals surface area contributed by atoms with Crippen LogP contribution in [-0.2, 0) is 6.42 Å². The molecule has 1 aliphatic rings. The monoisotopic (exact) mass is 292 g/mol. The summed E-state index contributed by atoms with van der Waals surface area (Å²) in [5, 5.41) is 0.906. The van der Waals surface area contributed by atoms with Crippen LogP contribution in [0, 0.1) is 6.92 Å². The lowest BCUT2D eigenvalue weighted by Gasteiger charge is -2.13. The van der Waals surface area contributed by atoms with Gasteiger partial charge < -0.3 is 10.5 Å². The summed E-state index contributed by atoms with van der Waals surface area (Å²) in [6.45, 7) is 1.87. The number of hydrogen-bond donors (Lipinski definition) is 1. The first-order valence-corrected chi connectivity index (χ1v) is 7.31. The molecule has 22 heavy (non-hydrogen) atoms. The van der Waals surface area contributed by atoms with Crippen molar-refractivity contribution in [3.05, 3.63) is 59.8 Å². The van der Waals surface area contributed by atoms with E-state index in [0.717, 1.165) is 27.9 Å². The zero-order chi connectivity index (χ0) is 15.3. The van der Waals surface area contributed by atoms with Crippen molar-refractivity contribution < 1.29 is 9.53 Å². The molecule has 0 aliphatic carbocycles. The van der Waals surface area contributed by atoms with Gasteiger partial charge in [-0.05, 0) is 24.6 Å². The summed E-state index contributed by atoms with van der Waals surface area (Å²) in [5.41, 5.74) is 9.47. The smallest absolute Gasteiger partial charge is 0.272 e. The van der Waals surface area contributed by atoms with Gasteiger partial charge in [-0.2, -0.15) is 0 Å². The fourth-order valence-electron chi connectivity index (χ4n) is 3.14. The predicted molar refractivity (Wildman–Crippen MR) is 86.3 cm³/mol. The number of fused-ring (bicyclic) bond motifs is 2. The molecule has 1 atom stereocenters. The number of hydrogen-bond acceptors (Lipinski definition) is 3. The average molecular weight is 292 g/mol. The molecular formula is C18H16N2O2. The Morgan fingerprint density at radius 1 is 1.18 bits per heavy atom. The number of carbonyl (C=O) groups excluding carboxylic acids is 1. The van der Waals surface area contributed by atoms with Crippen LogP contribution in [0.25, 0.3) is 10.9 Å². The summed E-state index contributed by atoms with van der Waals surface area (Å²) < 4.78 is 7.51. The Kier molecular flexibility index (Phi) is 2.73. The summed E-state index contributed by atoms with van der Waals surface area (Å²) >= 11 is 0. The molecule has 1 aromatic heterocycles. The number of nitrogen functional groups attached to an aromatic ring is 1. The zero-order valence-electron chi connectivity index (χ0n) is 12.2. The average Bonchev–Trinajstić information content (AvgIpc) is 3.08. The highest BCUT2D eigenvalue weighted by Gasteiger charge is 2.31. The summed E-state index contributed by atoms with van der Waals surface area (Å²) in [6, 6.07) is 15.5. The highest BCUT2D eigenvalue weighted by Crippen LogP contribution is 2.32. The third-order valence-corrected chi connectivity index (χ3v) is 4.30. The van der Waals surface area contributed by atoms with Crippen LogP contribution in [-0.4, -0.2) is 16.6 Å². The Labute approximate surface area is 128 Å². The Hall–Kier alpha value is -2.75. The highest BCUT2D eigenvalue weighted by atomic mass is 16.5. The molecule has 2 heterocycles. The maximum Gasteiger partial charge on any atom is 0.272 e. The van der Waals surface area contributed by atoms with Crippen LogP contribution in [0.4, 0.5) is 5.69 Å². The normalized spacial score (nSPS) is 16.5. The first-order valence-electron chi connectivity index (χ1n) is 7.31. The summed E-state index contributed by atoms with van der Waals surface area (Å²) in [7, 11) is 0. The molecule has 0 bridgehead atoms. The van der Waals surface area contributed by atoms with Gasteiger partial charge in [0, 0.05) is 17.5 Å². The first-order chi connectivity index (χ1) is 10.7. The van der Waals surface area contributed by atoms with Crippen LogP contribution in [0.1, 0.15) is 16.1 Å². The van der Waals surface area contributed by atoms with Crippen LogP contribution < -0.4 is 10.5 Å². The maximum atomic E-state index is 12.9. The van der Waals surface area contributed by atoms with Crippen molar-refractivity contribution in [2.75, 3.05) is 5.73 Å². The number of benzene rings is 2. The van der Waals surface area contributed by atoms with Gasteiger partial charge in [0.25, 0.3) is 5.91 Å². The molecule has 0 saturated carbocycles. The second-order valence-electron chi connectivity index (χ2n) is 5.61. The molecule has 2 N–H and O–H groups in total. The number of rotatable bonds is 1. The van der Waals surface area contributed by atoms with Gasteiger partial charge in [0.2, 0.25) is 0 Å². The molecule has 4 nitrogen and oxygen atoms in total. The fraction of sp³-hybridized carbons (Fsp3) is 0.167. The molecule has 110 valence electrons. The number of nitrogens with zero attached hydrogens (tertiary/aromatic N) is 1. The minimum Gasteiger partial charge on any atom is -0.480 e. The van der Waals surface area contributed by atoms with Crippen LogP contribution >= 0.6 is 0 Å². The van der Waals surface area contributed by atoms with Gasteiger partial charge in [0.05, 0.1) is 11.2 Å². The molecule has 1 aliphatic heterocycles. The van der Waals surface area contributed by atoms with E-state index in [0.29, 0.717) is 12.1 Å². The molecule has 2 aromatic carbocycles. The fourth-order valence-corrected chi connectivity index (χ4v) is 3.14. The quantitative estimate of drug-likeness (QED) is 0.749. The highest BCUT2D eigenvalue weighted by molar-refractivity contribution is 6.02. The summed E-state index contributed by atoms with van der Waals surface area (Å²) in [6.07, 6.45) is 0.104. The summed E-state index contributed by atoms with van der Waals surface area (Å²) in [4.78, 5) is 12.9. The SMILES string of the molecule is Cc1c(N)c2ccccc2n1C(=O)C1Cc2ccccc2O1. The van der Waals surface area contributed by atoms with E-state index in [2.05, 4.69) is 0 Å². The molecule has 1 unspecified atom stereocenters. The van der Waals surface area contributed by atoms with Crippen molar-refractivity contribution in [3.8, 4) is 5.75 Å². The third kappa shape index (κ3) is 1.73. The molecule has 0 amide bonds. The van der Waals surface area contributed by atoms with Gasteiger partial charge in [-0.25, -0.2) is 0 Å². The van der Waals surface area contributed by atoms with Crippen LogP contribution in [0.2, 0.25) is 0 Å². The van der Waals surface area contributed by atoms with Crippen molar-refractivity contribution in [2.24, 2.45) is 0 Å². The van der Waals surface area contributed by atoms with Crippen molar-refractivity contribution in [3.63, 3.8) is 0 Å². The third-order valence-electron chi connectivity index (χ3n) is 4.30. The van der Waals surface area contributed by atoms with E-state index < -0.39 is 6.10 Å². The number of nitrogens with two attached hydrogens (primary N) is 1. The zero-order valence-corrected chi connectivity index (χ0v) is 12.2. The Morgan fingerprint density at radius 3 is 2.73 bits per heavy atom. The van der Waals surface area contributed by atoms with Gasteiger partial charge >= 0.3 is 0 Å². The van der Waals surface area contributed by atoms with Gasteiger partial charge in [0.1, 0.15) is 5.75 Å². The Balaban J connectivity index is 1.78. The first kappa shape index (κ1) is 13.0. The van der Waals surface area contributed by atoms with Crippen LogP contribution in [0.5, 0.6) is 5.75 Å². The lowest BCUT2D eigenvalue weighted by Crippen LogP contribution is -2.31. The lowest BCUT2D eigenvalue weighted by molar-refractivity contribution is 0.0738. The standard InChI is InChI=1S/C18H16N2O2/c1-11-17(19)13-7-3-4-8-14(13)20(11)18(21)16-10-12-6-2-5-9-15(12)22-16/h2-9,16H,10,19H2,1H3. The van der Waals surface area contributed by atoms with Crippen molar-refractivity contribution in [1.29, 1.82) is 0 Å². The molecule has 4 heteroatoms. The Morgan fingerprint density at radius 2 is 1.91 bits per heavy atom. The predicted octanol–water partition coefficient (Wildman–Crippen LogP) is 3.18. The maximum absolute atomic E-state index is 12.9. The summed E-state index contributed by atoms with van der Waals surface area (Å²) in [5.74, 6) is 0.726. The number of aromatic nitrogens is 1. The van der Waals surface area contributed by atoms with Gasteiger partial charge in [-0.15, -0.1) is 0 Å². The van der Waals surface area contributed by atoms with Crippen molar-refractivity contribution in [1.82, 2.24) is 4.57 Å². The second kappa shape index (κ2) is 4.63. The van der Waals surface area contributed by atoms with E-state index in [1.165, 1.54) is 0 Å². The van der Waals surface area contributed by atoms with Gasteiger partial charge in [0.15, 0.2) is 6.10 Å². The molecule has 3 aromatic rings. The van der Waals surface area contributed by atoms with Crippen LogP contribution in [0.3, 0.4) is 0 Å². The minimum atomic E-state index is -0.494. The second-order valence-corrected chi connectivity index (χ2v) is 5.61. The van der Waals surface area contributed by atoms with Crippen LogP contribution in [0.15, 0.2) is 48.5 Å². The van der Waals surface area contributed by atoms with E-state index >= 15 is 0 Å². The largest absolute Gasteiger partial charge is 0.480 e. The number of para-hydroxylation sites is 2. The van der Waals surface area contributed by atoms with Crippen molar-refractivity contribution >= 4 is 22.5 Å². The van der Waals surface area contributed by atoms with E-state index in [-0.39, 0.29) is 5.91 Å².